The smallest absolute Gasteiger partial charge is 0.336 e. The molecule has 0 amide bonds. The first kappa shape index (κ1) is 24.1. The van der Waals surface area contributed by atoms with E-state index in [1.165, 1.54) is 0 Å². The number of anilines is 1. The van der Waals surface area contributed by atoms with E-state index in [1.807, 2.05) is 63.2 Å². The Hall–Kier alpha value is -3.54. The Morgan fingerprint density at radius 1 is 0.818 bits per heavy atom. The van der Waals surface area contributed by atoms with Crippen LogP contribution in [0.1, 0.15) is 43.4 Å². The maximum atomic E-state index is 13.1. The normalized spacial score (nSPS) is 13.8. The Labute approximate surface area is 195 Å². The number of ether oxygens (including phenoxy) is 3. The minimum absolute atomic E-state index is 0.220. The molecule has 0 atom stereocenters. The van der Waals surface area contributed by atoms with E-state index in [9.17, 15) is 9.59 Å². The van der Waals surface area contributed by atoms with Crippen molar-refractivity contribution in [1.29, 1.82) is 0 Å². The lowest BCUT2D eigenvalue weighted by Gasteiger charge is -2.31. The van der Waals surface area contributed by atoms with Crippen LogP contribution in [0, 0.1) is 13.8 Å². The van der Waals surface area contributed by atoms with E-state index in [1.54, 1.807) is 31.1 Å². The number of esters is 2. The van der Waals surface area contributed by atoms with E-state index >= 15 is 0 Å². The Morgan fingerprint density at radius 2 is 1.42 bits per heavy atom. The molecule has 3 rings (SSSR count). The van der Waals surface area contributed by atoms with E-state index in [2.05, 4.69) is 0 Å². The first-order valence-corrected chi connectivity index (χ1v) is 11.3. The average Bonchev–Trinajstić information content (AvgIpc) is 2.81. The van der Waals surface area contributed by atoms with Gasteiger partial charge in [0.25, 0.3) is 0 Å². The Morgan fingerprint density at radius 3 is 1.97 bits per heavy atom. The zero-order chi connectivity index (χ0) is 24.0. The van der Waals surface area contributed by atoms with E-state index in [4.69, 9.17) is 14.2 Å². The van der Waals surface area contributed by atoms with Gasteiger partial charge in [-0.15, -0.1) is 0 Å². The molecule has 0 aromatic heterocycles. The number of para-hydroxylation sites is 1. The van der Waals surface area contributed by atoms with Crippen molar-refractivity contribution in [3.8, 4) is 5.75 Å². The Balaban J connectivity index is 2.22. The lowest BCUT2D eigenvalue weighted by Crippen LogP contribution is -2.29. The summed E-state index contributed by atoms with van der Waals surface area (Å²) in [7, 11) is 0. The zero-order valence-electron chi connectivity index (χ0n) is 19.9. The molecule has 1 aliphatic rings. The number of benzene rings is 2. The Kier molecular flexibility index (Phi) is 7.93. The van der Waals surface area contributed by atoms with Crippen LogP contribution in [0.2, 0.25) is 0 Å². The molecule has 0 saturated carbocycles. The van der Waals surface area contributed by atoms with Crippen LogP contribution in [0.3, 0.4) is 0 Å². The lowest BCUT2D eigenvalue weighted by atomic mass is 9.82. The SMILES string of the molecule is CCOC(=O)C1=CN(c2ccc(C)c(C)c2)C=C(C(=O)OCC)C1c1ccccc1OCC. The summed E-state index contributed by atoms with van der Waals surface area (Å²) in [4.78, 5) is 28.1. The molecule has 1 heterocycles. The molecule has 2 aromatic rings. The first-order chi connectivity index (χ1) is 15.9. The second-order valence-corrected chi connectivity index (χ2v) is 7.69. The van der Waals surface area contributed by atoms with Gasteiger partial charge in [0.2, 0.25) is 0 Å². The van der Waals surface area contributed by atoms with Crippen LogP contribution in [0.4, 0.5) is 5.69 Å². The summed E-state index contributed by atoms with van der Waals surface area (Å²) in [5.74, 6) is -1.06. The van der Waals surface area contributed by atoms with Gasteiger partial charge in [-0.3, -0.25) is 0 Å². The average molecular weight is 450 g/mol. The monoisotopic (exact) mass is 449 g/mol. The second-order valence-electron chi connectivity index (χ2n) is 7.69. The topological polar surface area (TPSA) is 65.1 Å². The van der Waals surface area contributed by atoms with Gasteiger partial charge in [-0.1, -0.05) is 24.3 Å². The van der Waals surface area contributed by atoms with Crippen molar-refractivity contribution in [2.75, 3.05) is 24.7 Å². The van der Waals surface area contributed by atoms with E-state index in [0.29, 0.717) is 29.1 Å². The highest BCUT2D eigenvalue weighted by Crippen LogP contribution is 2.42. The lowest BCUT2D eigenvalue weighted by molar-refractivity contribution is -0.139. The molecule has 6 nitrogen and oxygen atoms in total. The molecule has 0 bridgehead atoms. The van der Waals surface area contributed by atoms with Crippen LogP contribution >= 0.6 is 0 Å². The summed E-state index contributed by atoms with van der Waals surface area (Å²) in [6.45, 7) is 10.4. The maximum Gasteiger partial charge on any atom is 0.336 e. The van der Waals surface area contributed by atoms with Crippen molar-refractivity contribution in [2.45, 2.75) is 40.5 Å². The molecule has 0 saturated heterocycles. The molecule has 2 aromatic carbocycles. The number of carbonyl (C=O) groups excluding carboxylic acids is 2. The van der Waals surface area contributed by atoms with E-state index < -0.39 is 17.9 Å². The molecule has 174 valence electrons. The summed E-state index contributed by atoms with van der Waals surface area (Å²) in [6.07, 6.45) is 3.47. The van der Waals surface area contributed by atoms with Crippen molar-refractivity contribution >= 4 is 17.6 Å². The number of carbonyl (C=O) groups is 2. The highest BCUT2D eigenvalue weighted by atomic mass is 16.5. The van der Waals surface area contributed by atoms with Gasteiger partial charge >= 0.3 is 11.9 Å². The zero-order valence-corrected chi connectivity index (χ0v) is 19.9. The molecule has 0 spiro atoms. The third-order valence-electron chi connectivity index (χ3n) is 5.52. The molecule has 0 N–H and O–H groups in total. The molecule has 0 unspecified atom stereocenters. The van der Waals surface area contributed by atoms with Gasteiger partial charge in [-0.05, 0) is 63.9 Å². The fourth-order valence-electron chi connectivity index (χ4n) is 3.80. The summed E-state index contributed by atoms with van der Waals surface area (Å²) in [5.41, 5.74) is 4.48. The maximum absolute atomic E-state index is 13.1. The van der Waals surface area contributed by atoms with Gasteiger partial charge < -0.3 is 19.1 Å². The van der Waals surface area contributed by atoms with Crippen molar-refractivity contribution in [3.63, 3.8) is 0 Å². The fraction of sp³-hybridized carbons (Fsp3) is 0.333. The number of hydrogen-bond donors (Lipinski definition) is 0. The van der Waals surface area contributed by atoms with Gasteiger partial charge in [-0.2, -0.15) is 0 Å². The summed E-state index contributed by atoms with van der Waals surface area (Å²) < 4.78 is 16.6. The van der Waals surface area contributed by atoms with Crippen LogP contribution < -0.4 is 9.64 Å². The number of hydrogen-bond acceptors (Lipinski definition) is 6. The van der Waals surface area contributed by atoms with E-state index in [-0.39, 0.29) is 13.2 Å². The van der Waals surface area contributed by atoms with Gasteiger partial charge in [-0.25, -0.2) is 9.59 Å². The van der Waals surface area contributed by atoms with Crippen LogP contribution in [0.25, 0.3) is 0 Å². The third-order valence-corrected chi connectivity index (χ3v) is 5.52. The van der Waals surface area contributed by atoms with Gasteiger partial charge in [0.15, 0.2) is 0 Å². The Bertz CT molecular complexity index is 1050. The summed E-state index contributed by atoms with van der Waals surface area (Å²) in [5, 5.41) is 0. The molecule has 1 aliphatic heterocycles. The highest BCUT2D eigenvalue weighted by molar-refractivity contribution is 6.00. The van der Waals surface area contributed by atoms with E-state index in [0.717, 1.165) is 16.8 Å². The van der Waals surface area contributed by atoms with Crippen molar-refractivity contribution in [2.24, 2.45) is 0 Å². The van der Waals surface area contributed by atoms with Crippen LogP contribution in [-0.4, -0.2) is 31.8 Å². The minimum Gasteiger partial charge on any atom is -0.494 e. The molecule has 0 radical (unpaired) electrons. The number of rotatable bonds is 8. The van der Waals surface area contributed by atoms with Gasteiger partial charge in [0, 0.05) is 23.7 Å². The fourth-order valence-corrected chi connectivity index (χ4v) is 3.80. The summed E-state index contributed by atoms with van der Waals surface area (Å²) in [6, 6.07) is 13.4. The van der Waals surface area contributed by atoms with Crippen molar-refractivity contribution < 1.29 is 23.8 Å². The minimum atomic E-state index is -0.686. The van der Waals surface area contributed by atoms with Crippen molar-refractivity contribution in [1.82, 2.24) is 0 Å². The predicted octanol–water partition coefficient (Wildman–Crippen LogP) is 5.20. The molecule has 33 heavy (non-hydrogen) atoms. The third kappa shape index (κ3) is 5.28. The van der Waals surface area contributed by atoms with Crippen LogP contribution in [0.5, 0.6) is 5.75 Å². The molecule has 6 heteroatoms. The van der Waals surface area contributed by atoms with Gasteiger partial charge in [0.1, 0.15) is 5.75 Å². The largest absolute Gasteiger partial charge is 0.494 e. The predicted molar refractivity (Wildman–Crippen MR) is 128 cm³/mol. The van der Waals surface area contributed by atoms with Crippen molar-refractivity contribution in [3.05, 3.63) is 82.7 Å². The molecule has 0 aliphatic carbocycles. The number of aryl methyl sites for hydroxylation is 2. The highest BCUT2D eigenvalue weighted by Gasteiger charge is 2.37. The summed E-state index contributed by atoms with van der Waals surface area (Å²) >= 11 is 0. The quantitative estimate of drug-likeness (QED) is 0.516. The molecule has 0 fully saturated rings. The first-order valence-electron chi connectivity index (χ1n) is 11.3. The molecular weight excluding hydrogens is 418 g/mol. The van der Waals surface area contributed by atoms with Crippen LogP contribution in [-0.2, 0) is 19.1 Å². The second kappa shape index (κ2) is 10.9. The van der Waals surface area contributed by atoms with Gasteiger partial charge in [0.05, 0.1) is 36.9 Å². The number of nitrogens with zero attached hydrogens (tertiary/aromatic N) is 1. The molecular formula is C27H31NO5. The van der Waals surface area contributed by atoms with Crippen LogP contribution in [0.15, 0.2) is 66.0 Å². The standard InChI is InChI=1S/C27H31NO5/c1-6-31-24-12-10-9-11-21(24)25-22(26(29)32-7-2)16-28(17-23(25)27(30)33-8-3)20-14-13-18(4)19(5)15-20/h9-17,25H,6-8H2,1-5H3.